The van der Waals surface area contributed by atoms with Crippen LogP contribution in [0.1, 0.15) is 77.6 Å². The Balaban J connectivity index is 2.61. The van der Waals surface area contributed by atoms with Crippen molar-refractivity contribution in [2.24, 2.45) is 11.8 Å². The van der Waals surface area contributed by atoms with E-state index in [0.29, 0.717) is 11.7 Å². The highest BCUT2D eigenvalue weighted by Gasteiger charge is 2.26. The molecule has 0 aromatic carbocycles. The van der Waals surface area contributed by atoms with Crippen molar-refractivity contribution >= 4 is 5.78 Å². The molecule has 1 fully saturated rings. The molecule has 1 aliphatic rings. The molecule has 0 aliphatic heterocycles. The van der Waals surface area contributed by atoms with Gasteiger partial charge in [-0.15, -0.1) is 6.58 Å². The highest BCUT2D eigenvalue weighted by atomic mass is 16.1. The lowest BCUT2D eigenvalue weighted by atomic mass is 9.79. The van der Waals surface area contributed by atoms with Gasteiger partial charge in [0, 0.05) is 12.3 Å². The first-order valence-electron chi connectivity index (χ1n) is 7.93. The van der Waals surface area contributed by atoms with Gasteiger partial charge < -0.3 is 0 Å². The summed E-state index contributed by atoms with van der Waals surface area (Å²) in [5.41, 5.74) is 0. The Kier molecular flexibility index (Phi) is 8.04. The van der Waals surface area contributed by atoms with Crippen LogP contribution in [0, 0.1) is 11.8 Å². The lowest BCUT2D eigenvalue weighted by Crippen LogP contribution is -2.23. The molecular weight excluding hydrogens is 220 g/mol. The quantitative estimate of drug-likeness (QED) is 0.462. The van der Waals surface area contributed by atoms with Crippen LogP contribution in [0.4, 0.5) is 0 Å². The second-order valence-electron chi connectivity index (χ2n) is 5.81. The SMILES string of the molecule is C=CC[C@H]1C(=O)CCCCCC[C@@H]1CCCCC. The molecule has 0 spiro atoms. The van der Waals surface area contributed by atoms with Crippen molar-refractivity contribution in [3.05, 3.63) is 12.7 Å². The molecule has 1 aliphatic carbocycles. The average molecular weight is 250 g/mol. The molecule has 0 aromatic rings. The molecule has 1 nitrogen and oxygen atoms in total. The van der Waals surface area contributed by atoms with Crippen molar-refractivity contribution in [2.75, 3.05) is 0 Å². The van der Waals surface area contributed by atoms with E-state index in [9.17, 15) is 4.79 Å². The van der Waals surface area contributed by atoms with Gasteiger partial charge in [-0.3, -0.25) is 4.79 Å². The largest absolute Gasteiger partial charge is 0.299 e. The Morgan fingerprint density at radius 3 is 2.72 bits per heavy atom. The predicted molar refractivity (Wildman–Crippen MR) is 78.6 cm³/mol. The van der Waals surface area contributed by atoms with E-state index in [1.807, 2.05) is 6.08 Å². The number of rotatable bonds is 6. The summed E-state index contributed by atoms with van der Waals surface area (Å²) >= 11 is 0. The maximum Gasteiger partial charge on any atom is 0.136 e. The Morgan fingerprint density at radius 1 is 1.22 bits per heavy atom. The van der Waals surface area contributed by atoms with Crippen LogP contribution >= 0.6 is 0 Å². The molecule has 0 unspecified atom stereocenters. The van der Waals surface area contributed by atoms with Gasteiger partial charge in [0.2, 0.25) is 0 Å². The smallest absolute Gasteiger partial charge is 0.136 e. The maximum absolute atomic E-state index is 12.3. The van der Waals surface area contributed by atoms with Crippen LogP contribution in [0.25, 0.3) is 0 Å². The minimum atomic E-state index is 0.275. The number of Topliss-reactive ketones (excluding diaryl/α,β-unsaturated/α-hetero) is 1. The first kappa shape index (κ1) is 15.5. The van der Waals surface area contributed by atoms with Crippen molar-refractivity contribution in [2.45, 2.75) is 77.6 Å². The zero-order valence-corrected chi connectivity index (χ0v) is 12.1. The number of ketones is 1. The van der Waals surface area contributed by atoms with Crippen LogP contribution in [0.5, 0.6) is 0 Å². The van der Waals surface area contributed by atoms with Crippen LogP contribution in [0.2, 0.25) is 0 Å². The molecule has 1 rings (SSSR count). The van der Waals surface area contributed by atoms with Gasteiger partial charge in [0.05, 0.1) is 0 Å². The van der Waals surface area contributed by atoms with E-state index in [-0.39, 0.29) is 5.92 Å². The van der Waals surface area contributed by atoms with Crippen LogP contribution < -0.4 is 0 Å². The van der Waals surface area contributed by atoms with Gasteiger partial charge in [-0.2, -0.15) is 0 Å². The normalized spacial score (nSPS) is 26.2. The van der Waals surface area contributed by atoms with E-state index in [2.05, 4.69) is 13.5 Å². The van der Waals surface area contributed by atoms with Crippen molar-refractivity contribution in [1.82, 2.24) is 0 Å². The predicted octanol–water partition coefficient (Wildman–Crippen LogP) is 5.30. The Morgan fingerprint density at radius 2 is 2.00 bits per heavy atom. The lowest BCUT2D eigenvalue weighted by molar-refractivity contribution is -0.124. The zero-order chi connectivity index (χ0) is 13.2. The Bertz CT molecular complexity index is 244. The summed E-state index contributed by atoms with van der Waals surface area (Å²) in [6.07, 6.45) is 15.0. The average Bonchev–Trinajstić information content (AvgIpc) is 2.44. The van der Waals surface area contributed by atoms with Crippen molar-refractivity contribution < 1.29 is 4.79 Å². The van der Waals surface area contributed by atoms with E-state index < -0.39 is 0 Å². The summed E-state index contributed by atoms with van der Waals surface area (Å²) in [6.45, 7) is 6.09. The van der Waals surface area contributed by atoms with E-state index in [1.54, 1.807) is 0 Å². The van der Waals surface area contributed by atoms with Gasteiger partial charge >= 0.3 is 0 Å². The number of carbonyl (C=O) groups excluding carboxylic acids is 1. The van der Waals surface area contributed by atoms with Crippen LogP contribution in [0.3, 0.4) is 0 Å². The molecule has 0 bridgehead atoms. The number of unbranched alkanes of at least 4 members (excludes halogenated alkanes) is 2. The summed E-state index contributed by atoms with van der Waals surface area (Å²) in [5.74, 6) is 1.41. The highest BCUT2D eigenvalue weighted by molar-refractivity contribution is 5.81. The molecule has 104 valence electrons. The zero-order valence-electron chi connectivity index (χ0n) is 12.1. The molecule has 0 aromatic heterocycles. The van der Waals surface area contributed by atoms with Gasteiger partial charge in [0.25, 0.3) is 0 Å². The fourth-order valence-electron chi connectivity index (χ4n) is 3.21. The molecule has 18 heavy (non-hydrogen) atoms. The third kappa shape index (κ3) is 5.37. The van der Waals surface area contributed by atoms with Gasteiger partial charge in [-0.1, -0.05) is 51.5 Å². The van der Waals surface area contributed by atoms with Crippen LogP contribution in [-0.4, -0.2) is 5.78 Å². The third-order valence-corrected chi connectivity index (χ3v) is 4.33. The van der Waals surface area contributed by atoms with Crippen LogP contribution in [0.15, 0.2) is 12.7 Å². The fourth-order valence-corrected chi connectivity index (χ4v) is 3.21. The van der Waals surface area contributed by atoms with Crippen molar-refractivity contribution in [3.63, 3.8) is 0 Å². The van der Waals surface area contributed by atoms with Crippen LogP contribution in [-0.2, 0) is 4.79 Å². The number of carbonyl (C=O) groups is 1. The number of hydrogen-bond donors (Lipinski definition) is 0. The molecule has 0 saturated heterocycles. The lowest BCUT2D eigenvalue weighted by Gasteiger charge is -2.24. The van der Waals surface area contributed by atoms with Gasteiger partial charge in [0.1, 0.15) is 5.78 Å². The maximum atomic E-state index is 12.3. The van der Waals surface area contributed by atoms with Gasteiger partial charge in [0.15, 0.2) is 0 Å². The summed E-state index contributed by atoms with van der Waals surface area (Å²) in [7, 11) is 0. The van der Waals surface area contributed by atoms with E-state index in [1.165, 1.54) is 51.4 Å². The molecular formula is C17H30O. The third-order valence-electron chi connectivity index (χ3n) is 4.33. The molecule has 0 heterocycles. The Hall–Kier alpha value is -0.590. The fraction of sp³-hybridized carbons (Fsp3) is 0.824. The second-order valence-corrected chi connectivity index (χ2v) is 5.81. The monoisotopic (exact) mass is 250 g/mol. The Labute approximate surface area is 113 Å². The highest BCUT2D eigenvalue weighted by Crippen LogP contribution is 2.31. The van der Waals surface area contributed by atoms with E-state index >= 15 is 0 Å². The molecule has 0 radical (unpaired) electrons. The molecule has 0 amide bonds. The first-order chi connectivity index (χ1) is 8.79. The minimum absolute atomic E-state index is 0.275. The van der Waals surface area contributed by atoms with E-state index in [0.717, 1.165) is 19.3 Å². The second kappa shape index (κ2) is 9.35. The molecule has 2 atom stereocenters. The topological polar surface area (TPSA) is 17.1 Å². The van der Waals surface area contributed by atoms with Crippen molar-refractivity contribution in [3.8, 4) is 0 Å². The molecule has 1 heteroatoms. The standard InChI is InChI=1S/C17H30O/c1-3-5-8-12-15-13-9-6-7-10-14-17(18)16(15)11-4-2/h4,15-16H,2-3,5-14H2,1H3/t15-,16+/m0/s1. The first-order valence-corrected chi connectivity index (χ1v) is 7.93. The van der Waals surface area contributed by atoms with Gasteiger partial charge in [-0.05, 0) is 31.6 Å². The summed E-state index contributed by atoms with van der Waals surface area (Å²) in [5, 5.41) is 0. The van der Waals surface area contributed by atoms with E-state index in [4.69, 9.17) is 0 Å². The van der Waals surface area contributed by atoms with Gasteiger partial charge in [-0.25, -0.2) is 0 Å². The molecule has 1 saturated carbocycles. The number of hydrogen-bond acceptors (Lipinski definition) is 1. The van der Waals surface area contributed by atoms with Crippen molar-refractivity contribution in [1.29, 1.82) is 0 Å². The summed E-state index contributed by atoms with van der Waals surface area (Å²) in [4.78, 5) is 12.3. The molecule has 0 N–H and O–H groups in total. The number of allylic oxidation sites excluding steroid dienone is 1. The minimum Gasteiger partial charge on any atom is -0.299 e. The summed E-state index contributed by atoms with van der Waals surface area (Å²) < 4.78 is 0. The summed E-state index contributed by atoms with van der Waals surface area (Å²) in [6, 6.07) is 0.